The minimum Gasteiger partial charge on any atom is -0.462 e. The molecule has 0 bridgehead atoms. The van der Waals surface area contributed by atoms with E-state index in [1.54, 1.807) is 31.2 Å². The van der Waals surface area contributed by atoms with Gasteiger partial charge in [-0.15, -0.1) is 0 Å². The Balaban J connectivity index is 2.42. The number of esters is 1. The topological polar surface area (TPSA) is 93.2 Å². The first-order valence-corrected chi connectivity index (χ1v) is 6.53. The van der Waals surface area contributed by atoms with Gasteiger partial charge < -0.3 is 4.74 Å². The van der Waals surface area contributed by atoms with Crippen molar-refractivity contribution in [2.45, 2.75) is 6.92 Å². The Morgan fingerprint density at radius 2 is 1.95 bits per heavy atom. The number of carbonyl (C=O) groups is 1. The fourth-order valence-corrected chi connectivity index (χ4v) is 2.00. The van der Waals surface area contributed by atoms with Crippen LogP contribution in [0.2, 0.25) is 0 Å². The second-order valence-corrected chi connectivity index (χ2v) is 4.40. The molecule has 6 nitrogen and oxygen atoms in total. The van der Waals surface area contributed by atoms with Gasteiger partial charge in [0.15, 0.2) is 0 Å². The first-order valence-electron chi connectivity index (χ1n) is 6.53. The molecule has 2 aromatic carbocycles. The van der Waals surface area contributed by atoms with E-state index in [4.69, 9.17) is 10.00 Å². The van der Waals surface area contributed by atoms with E-state index >= 15 is 0 Å². The Bertz CT molecular complexity index is 761. The van der Waals surface area contributed by atoms with Crippen LogP contribution in [-0.4, -0.2) is 17.5 Å². The van der Waals surface area contributed by atoms with Gasteiger partial charge in [-0.2, -0.15) is 5.26 Å². The maximum absolute atomic E-state index is 11.6. The summed E-state index contributed by atoms with van der Waals surface area (Å²) >= 11 is 0. The Kier molecular flexibility index (Phi) is 4.49. The van der Waals surface area contributed by atoms with E-state index in [1.165, 1.54) is 18.2 Å². The van der Waals surface area contributed by atoms with Crippen molar-refractivity contribution in [2.24, 2.45) is 0 Å². The minimum absolute atomic E-state index is 0.150. The molecule has 0 amide bonds. The summed E-state index contributed by atoms with van der Waals surface area (Å²) in [5.41, 5.74) is 1.42. The molecule has 2 aromatic rings. The highest BCUT2D eigenvalue weighted by atomic mass is 16.6. The molecule has 0 aliphatic rings. The molecule has 0 radical (unpaired) electrons. The molecule has 6 heteroatoms. The van der Waals surface area contributed by atoms with Crippen molar-refractivity contribution in [1.29, 1.82) is 5.26 Å². The Labute approximate surface area is 126 Å². The number of hydrogen-bond donors (Lipinski definition) is 0. The van der Waals surface area contributed by atoms with Crippen LogP contribution in [0, 0.1) is 21.4 Å². The van der Waals surface area contributed by atoms with Crippen LogP contribution < -0.4 is 0 Å². The standard InChI is InChI=1S/C16H12N2O4/c1-2-22-16(19)13-6-4-12(5-7-13)14-8-3-11(10-17)9-15(14)18(20)21/h3-9H,2H2,1H3. The maximum atomic E-state index is 11.6. The van der Waals surface area contributed by atoms with Crippen LogP contribution in [0.15, 0.2) is 42.5 Å². The quantitative estimate of drug-likeness (QED) is 0.490. The average Bonchev–Trinajstić information content (AvgIpc) is 2.54. The van der Waals surface area contributed by atoms with Crippen LogP contribution in [0.3, 0.4) is 0 Å². The number of nitriles is 1. The van der Waals surface area contributed by atoms with Crippen LogP contribution in [0.5, 0.6) is 0 Å². The molecule has 110 valence electrons. The summed E-state index contributed by atoms with van der Waals surface area (Å²) in [5, 5.41) is 20.0. The zero-order valence-electron chi connectivity index (χ0n) is 11.8. The molecule has 0 saturated carbocycles. The van der Waals surface area contributed by atoms with Crippen molar-refractivity contribution in [3.63, 3.8) is 0 Å². The van der Waals surface area contributed by atoms with Gasteiger partial charge in [-0.05, 0) is 36.8 Å². The number of hydrogen-bond acceptors (Lipinski definition) is 5. The first-order chi connectivity index (χ1) is 10.6. The molecule has 0 aliphatic carbocycles. The molecule has 0 aliphatic heterocycles. The van der Waals surface area contributed by atoms with E-state index in [1.807, 2.05) is 6.07 Å². The average molecular weight is 296 g/mol. The Hall–Kier alpha value is -3.20. The van der Waals surface area contributed by atoms with Gasteiger partial charge in [0.2, 0.25) is 0 Å². The number of carbonyl (C=O) groups excluding carboxylic acids is 1. The van der Waals surface area contributed by atoms with Crippen molar-refractivity contribution in [1.82, 2.24) is 0 Å². The third kappa shape index (κ3) is 3.10. The van der Waals surface area contributed by atoms with Crippen molar-refractivity contribution < 1.29 is 14.5 Å². The Morgan fingerprint density at radius 3 is 2.50 bits per heavy atom. The molecule has 0 unspecified atom stereocenters. The van der Waals surface area contributed by atoms with Crippen LogP contribution in [-0.2, 0) is 4.74 Å². The molecule has 0 aromatic heterocycles. The van der Waals surface area contributed by atoms with Gasteiger partial charge in [0.25, 0.3) is 5.69 Å². The van der Waals surface area contributed by atoms with E-state index in [2.05, 4.69) is 0 Å². The first kappa shape index (κ1) is 15.2. The number of nitro groups is 1. The van der Waals surface area contributed by atoms with Crippen molar-refractivity contribution in [3.8, 4) is 17.2 Å². The molecule has 2 rings (SSSR count). The van der Waals surface area contributed by atoms with E-state index in [0.717, 1.165) is 0 Å². The third-order valence-electron chi connectivity index (χ3n) is 3.03. The number of benzene rings is 2. The van der Waals surface area contributed by atoms with Crippen LogP contribution in [0.1, 0.15) is 22.8 Å². The molecule has 0 fully saturated rings. The number of nitro benzene ring substituents is 1. The van der Waals surface area contributed by atoms with Gasteiger partial charge in [0.05, 0.1) is 34.3 Å². The highest BCUT2D eigenvalue weighted by molar-refractivity contribution is 5.90. The molecule has 0 spiro atoms. The van der Waals surface area contributed by atoms with Gasteiger partial charge in [-0.1, -0.05) is 12.1 Å². The van der Waals surface area contributed by atoms with Gasteiger partial charge in [-0.3, -0.25) is 10.1 Å². The SMILES string of the molecule is CCOC(=O)c1ccc(-c2ccc(C#N)cc2[N+](=O)[O-])cc1. The zero-order valence-corrected chi connectivity index (χ0v) is 11.8. The summed E-state index contributed by atoms with van der Waals surface area (Å²) in [7, 11) is 0. The summed E-state index contributed by atoms with van der Waals surface area (Å²) in [6, 6.07) is 12.5. The molecule has 0 atom stereocenters. The summed E-state index contributed by atoms with van der Waals surface area (Å²) < 4.78 is 4.88. The highest BCUT2D eigenvalue weighted by Crippen LogP contribution is 2.30. The van der Waals surface area contributed by atoms with Gasteiger partial charge in [-0.25, -0.2) is 4.79 Å². The Morgan fingerprint density at radius 1 is 1.27 bits per heavy atom. The van der Waals surface area contributed by atoms with Crippen LogP contribution in [0.25, 0.3) is 11.1 Å². The van der Waals surface area contributed by atoms with E-state index < -0.39 is 10.9 Å². The second-order valence-electron chi connectivity index (χ2n) is 4.40. The van der Waals surface area contributed by atoms with Crippen molar-refractivity contribution in [2.75, 3.05) is 6.61 Å². The van der Waals surface area contributed by atoms with Crippen LogP contribution >= 0.6 is 0 Å². The summed E-state index contributed by atoms with van der Waals surface area (Å²) in [5.74, 6) is -0.441. The minimum atomic E-state index is -0.532. The fourth-order valence-electron chi connectivity index (χ4n) is 2.00. The number of nitrogens with zero attached hydrogens (tertiary/aromatic N) is 2. The number of ether oxygens (including phenoxy) is 1. The lowest BCUT2D eigenvalue weighted by Crippen LogP contribution is -2.04. The predicted octanol–water partition coefficient (Wildman–Crippen LogP) is 3.31. The molecule has 22 heavy (non-hydrogen) atoms. The summed E-state index contributed by atoms with van der Waals surface area (Å²) in [6.45, 7) is 1.99. The van der Waals surface area contributed by atoms with Gasteiger partial charge >= 0.3 is 5.97 Å². The van der Waals surface area contributed by atoms with Crippen LogP contribution in [0.4, 0.5) is 5.69 Å². The van der Waals surface area contributed by atoms with E-state index in [0.29, 0.717) is 16.7 Å². The van der Waals surface area contributed by atoms with Gasteiger partial charge in [0, 0.05) is 6.07 Å². The fraction of sp³-hybridized carbons (Fsp3) is 0.125. The molecular weight excluding hydrogens is 284 g/mol. The van der Waals surface area contributed by atoms with Crippen molar-refractivity contribution >= 4 is 11.7 Å². The molecule has 0 saturated heterocycles. The highest BCUT2D eigenvalue weighted by Gasteiger charge is 2.16. The van der Waals surface area contributed by atoms with Crippen molar-refractivity contribution in [3.05, 3.63) is 63.7 Å². The largest absolute Gasteiger partial charge is 0.462 e. The molecule has 0 N–H and O–H groups in total. The second kappa shape index (κ2) is 6.50. The molecule has 0 heterocycles. The summed E-state index contributed by atoms with van der Waals surface area (Å²) in [4.78, 5) is 22.2. The lowest BCUT2D eigenvalue weighted by atomic mass is 10.0. The molecular formula is C16H12N2O4. The smallest absolute Gasteiger partial charge is 0.338 e. The monoisotopic (exact) mass is 296 g/mol. The normalized spacial score (nSPS) is 9.82. The van der Waals surface area contributed by atoms with E-state index in [-0.39, 0.29) is 17.9 Å². The lowest BCUT2D eigenvalue weighted by molar-refractivity contribution is -0.384. The third-order valence-corrected chi connectivity index (χ3v) is 3.03. The lowest BCUT2D eigenvalue weighted by Gasteiger charge is -2.05. The summed E-state index contributed by atoms with van der Waals surface area (Å²) in [6.07, 6.45) is 0. The number of rotatable bonds is 4. The predicted molar refractivity (Wildman–Crippen MR) is 79.2 cm³/mol. The zero-order chi connectivity index (χ0) is 16.1. The van der Waals surface area contributed by atoms with E-state index in [9.17, 15) is 14.9 Å². The van der Waals surface area contributed by atoms with Gasteiger partial charge in [0.1, 0.15) is 0 Å². The maximum Gasteiger partial charge on any atom is 0.338 e.